The number of amides is 2. The smallest absolute Gasteiger partial charge is 0.414 e. The number of carbonyl (C=O) groups excluding carboxylic acids is 2. The number of ether oxygens (including phenoxy) is 1. The molecule has 0 radical (unpaired) electrons. The number of nitrogens with one attached hydrogen (secondary N) is 1. The summed E-state index contributed by atoms with van der Waals surface area (Å²) in [5.74, 6) is -0.532. The topological polar surface area (TPSA) is 84.7 Å². The van der Waals surface area contributed by atoms with Crippen LogP contribution in [0.3, 0.4) is 0 Å². The summed E-state index contributed by atoms with van der Waals surface area (Å²) in [5, 5.41) is 2.61. The fourth-order valence-corrected chi connectivity index (χ4v) is 2.93. The maximum absolute atomic E-state index is 14.4. The van der Waals surface area contributed by atoms with Crippen LogP contribution in [0.2, 0.25) is 0 Å². The normalized spacial score (nSPS) is 22.0. The molecule has 124 valence electrons. The van der Waals surface area contributed by atoms with Crippen LogP contribution >= 0.6 is 0 Å². The molecule has 2 fully saturated rings. The Labute approximate surface area is 133 Å². The lowest BCUT2D eigenvalue weighted by Crippen LogP contribution is -2.33. The van der Waals surface area contributed by atoms with Gasteiger partial charge in [-0.2, -0.15) is 0 Å². The Hall–Kier alpha value is -2.15. The van der Waals surface area contributed by atoms with Crippen molar-refractivity contribution in [2.75, 3.05) is 24.5 Å². The Morgan fingerprint density at radius 3 is 2.83 bits per heavy atom. The average molecular weight is 321 g/mol. The number of carbonyl (C=O) groups is 2. The van der Waals surface area contributed by atoms with Crippen LogP contribution in [0.25, 0.3) is 0 Å². The fraction of sp³-hybridized carbons (Fsp3) is 0.500. The monoisotopic (exact) mass is 321 g/mol. The molecule has 7 heteroatoms. The Bertz CT molecular complexity index is 645. The van der Waals surface area contributed by atoms with E-state index in [9.17, 15) is 14.0 Å². The number of nitrogens with zero attached hydrogens (tertiary/aromatic N) is 1. The molecule has 6 nitrogen and oxygen atoms in total. The molecule has 0 bridgehead atoms. The zero-order valence-corrected chi connectivity index (χ0v) is 13.0. The van der Waals surface area contributed by atoms with Gasteiger partial charge in [0.25, 0.3) is 0 Å². The minimum Gasteiger partial charge on any atom is -0.442 e. The number of rotatable bonds is 5. The molecule has 1 saturated heterocycles. The van der Waals surface area contributed by atoms with Crippen LogP contribution in [-0.4, -0.2) is 37.7 Å². The average Bonchev–Trinajstić information content (AvgIpc) is 3.22. The number of halogens is 1. The first-order chi connectivity index (χ1) is 10.9. The predicted molar refractivity (Wildman–Crippen MR) is 82.7 cm³/mol. The van der Waals surface area contributed by atoms with E-state index in [2.05, 4.69) is 5.32 Å². The molecular weight excluding hydrogens is 301 g/mol. The van der Waals surface area contributed by atoms with Gasteiger partial charge in [0, 0.05) is 18.9 Å². The van der Waals surface area contributed by atoms with Crippen molar-refractivity contribution in [2.45, 2.75) is 31.3 Å². The maximum atomic E-state index is 14.4. The highest BCUT2D eigenvalue weighted by molar-refractivity contribution is 5.89. The third-order valence-corrected chi connectivity index (χ3v) is 4.53. The zero-order chi connectivity index (χ0) is 16.6. The molecule has 1 aliphatic heterocycles. The molecule has 1 atom stereocenters. The molecule has 0 unspecified atom stereocenters. The lowest BCUT2D eigenvalue weighted by molar-refractivity contribution is -0.119. The van der Waals surface area contributed by atoms with Crippen molar-refractivity contribution in [3.8, 4) is 0 Å². The van der Waals surface area contributed by atoms with Crippen LogP contribution in [0.15, 0.2) is 18.2 Å². The van der Waals surface area contributed by atoms with Crippen molar-refractivity contribution in [3.05, 3.63) is 29.6 Å². The van der Waals surface area contributed by atoms with Crippen LogP contribution in [0.1, 0.15) is 25.3 Å². The van der Waals surface area contributed by atoms with Crippen molar-refractivity contribution in [1.82, 2.24) is 5.32 Å². The number of benzene rings is 1. The molecule has 0 aromatic heterocycles. The third kappa shape index (κ3) is 3.01. The van der Waals surface area contributed by atoms with Gasteiger partial charge in [0.2, 0.25) is 5.91 Å². The van der Waals surface area contributed by atoms with Gasteiger partial charge in [0.1, 0.15) is 11.9 Å². The van der Waals surface area contributed by atoms with Gasteiger partial charge in [-0.05, 0) is 30.5 Å². The van der Waals surface area contributed by atoms with Gasteiger partial charge in [-0.25, -0.2) is 9.18 Å². The summed E-state index contributed by atoms with van der Waals surface area (Å²) >= 11 is 0. The first kappa shape index (κ1) is 15.7. The Morgan fingerprint density at radius 2 is 2.26 bits per heavy atom. The molecule has 1 aliphatic carbocycles. The van der Waals surface area contributed by atoms with E-state index in [0.29, 0.717) is 17.8 Å². The van der Waals surface area contributed by atoms with Crippen LogP contribution in [0, 0.1) is 5.82 Å². The second-order valence-corrected chi connectivity index (χ2v) is 6.20. The highest BCUT2D eigenvalue weighted by Gasteiger charge is 2.45. The molecule has 3 N–H and O–H groups in total. The molecule has 2 aliphatic rings. The molecule has 1 aromatic rings. The van der Waals surface area contributed by atoms with Crippen LogP contribution in [0.5, 0.6) is 0 Å². The number of hydrogen-bond acceptors (Lipinski definition) is 4. The van der Waals surface area contributed by atoms with E-state index in [-0.39, 0.29) is 30.2 Å². The number of nitrogens with two attached hydrogens (primary N) is 1. The van der Waals surface area contributed by atoms with Gasteiger partial charge < -0.3 is 15.8 Å². The Morgan fingerprint density at radius 1 is 1.52 bits per heavy atom. The zero-order valence-electron chi connectivity index (χ0n) is 13.0. The molecule has 1 heterocycles. The van der Waals surface area contributed by atoms with E-state index in [1.807, 2.05) is 0 Å². The summed E-state index contributed by atoms with van der Waals surface area (Å²) < 4.78 is 19.6. The quantitative estimate of drug-likeness (QED) is 0.855. The molecule has 0 spiro atoms. The molecule has 1 aromatic carbocycles. The van der Waals surface area contributed by atoms with Crippen molar-refractivity contribution < 1.29 is 18.7 Å². The number of anilines is 1. The Kier molecular flexibility index (Phi) is 3.97. The number of hydrogen-bond donors (Lipinski definition) is 2. The lowest BCUT2D eigenvalue weighted by Gasteiger charge is -2.18. The van der Waals surface area contributed by atoms with E-state index in [1.54, 1.807) is 12.1 Å². The maximum Gasteiger partial charge on any atom is 0.414 e. The van der Waals surface area contributed by atoms with E-state index in [4.69, 9.17) is 10.5 Å². The van der Waals surface area contributed by atoms with Crippen LogP contribution in [-0.2, 0) is 14.9 Å². The lowest BCUT2D eigenvalue weighted by atomic mass is 9.95. The van der Waals surface area contributed by atoms with Gasteiger partial charge in [-0.3, -0.25) is 9.69 Å². The van der Waals surface area contributed by atoms with Gasteiger partial charge in [-0.15, -0.1) is 0 Å². The van der Waals surface area contributed by atoms with E-state index >= 15 is 0 Å². The second kappa shape index (κ2) is 5.81. The fourth-order valence-electron chi connectivity index (χ4n) is 2.93. The van der Waals surface area contributed by atoms with E-state index in [1.165, 1.54) is 17.9 Å². The molecule has 2 amide bonds. The minimum absolute atomic E-state index is 0.189. The molecular formula is C16H20FN3O3. The predicted octanol–water partition coefficient (Wildman–Crippen LogP) is 1.28. The number of cyclic esters (lactones) is 1. The highest BCUT2D eigenvalue weighted by Crippen LogP contribution is 2.48. The third-order valence-electron chi connectivity index (χ3n) is 4.53. The minimum atomic E-state index is -0.535. The summed E-state index contributed by atoms with van der Waals surface area (Å²) in [6, 6.07) is 4.78. The van der Waals surface area contributed by atoms with Crippen molar-refractivity contribution in [1.29, 1.82) is 0 Å². The molecule has 1 saturated carbocycles. The van der Waals surface area contributed by atoms with E-state index < -0.39 is 12.2 Å². The van der Waals surface area contributed by atoms with E-state index in [0.717, 1.165) is 12.8 Å². The van der Waals surface area contributed by atoms with Gasteiger partial charge in [0.05, 0.1) is 18.8 Å². The molecule has 23 heavy (non-hydrogen) atoms. The van der Waals surface area contributed by atoms with Gasteiger partial charge >= 0.3 is 6.09 Å². The largest absolute Gasteiger partial charge is 0.442 e. The summed E-state index contributed by atoms with van der Waals surface area (Å²) in [5.41, 5.74) is 6.58. The summed E-state index contributed by atoms with van der Waals surface area (Å²) in [4.78, 5) is 24.2. The van der Waals surface area contributed by atoms with Gasteiger partial charge in [-0.1, -0.05) is 6.07 Å². The van der Waals surface area contributed by atoms with Crippen molar-refractivity contribution in [3.63, 3.8) is 0 Å². The first-order valence-corrected chi connectivity index (χ1v) is 7.68. The van der Waals surface area contributed by atoms with Crippen LogP contribution < -0.4 is 16.0 Å². The Balaban J connectivity index is 1.73. The van der Waals surface area contributed by atoms with Crippen molar-refractivity contribution in [2.24, 2.45) is 5.73 Å². The highest BCUT2D eigenvalue weighted by atomic mass is 19.1. The molecule has 3 rings (SSSR count). The standard InChI is InChI=1S/C16H20FN3O3/c1-10(21)19-7-12-8-20(15(22)23-12)11-2-3-13(14(17)6-11)16(9-18)4-5-16/h2-3,6,12H,4-5,7-9,18H2,1H3,(H,19,21)/t12-/m0/s1. The summed E-state index contributed by atoms with van der Waals surface area (Å²) in [6.07, 6.45) is 0.814. The van der Waals surface area contributed by atoms with Crippen LogP contribution in [0.4, 0.5) is 14.9 Å². The first-order valence-electron chi connectivity index (χ1n) is 7.68. The summed E-state index contributed by atoms with van der Waals surface area (Å²) in [7, 11) is 0. The SMILES string of the molecule is CC(=O)NC[C@H]1CN(c2ccc(C3(CN)CC3)c(F)c2)C(=O)O1. The second-order valence-electron chi connectivity index (χ2n) is 6.20. The van der Waals surface area contributed by atoms with Gasteiger partial charge in [0.15, 0.2) is 0 Å². The summed E-state index contributed by atoms with van der Waals surface area (Å²) in [6.45, 7) is 2.34. The van der Waals surface area contributed by atoms with Crippen molar-refractivity contribution >= 4 is 17.7 Å².